The van der Waals surface area contributed by atoms with Crippen LogP contribution in [0.5, 0.6) is 5.75 Å². The normalized spacial score (nSPS) is 27.8. The summed E-state index contributed by atoms with van der Waals surface area (Å²) in [6, 6.07) is 7.73. The van der Waals surface area contributed by atoms with E-state index in [1.807, 2.05) is 0 Å². The highest BCUT2D eigenvalue weighted by Gasteiger charge is 2.57. The predicted octanol–water partition coefficient (Wildman–Crippen LogP) is 1.10. The molecule has 13 heteroatoms. The molecule has 1 aromatic rings. The number of para-hydroxylation sites is 1. The molecule has 2 unspecified atom stereocenters. The second-order valence-electron chi connectivity index (χ2n) is 8.63. The average molecular weight is 552 g/mol. The summed E-state index contributed by atoms with van der Waals surface area (Å²) in [6.07, 6.45) is 3.68. The van der Waals surface area contributed by atoms with Crippen molar-refractivity contribution in [1.82, 2.24) is 15.3 Å². The molecule has 4 N–H and O–H groups in total. The highest BCUT2D eigenvalue weighted by molar-refractivity contribution is 8.09. The molecule has 6 atom stereocenters. The van der Waals surface area contributed by atoms with E-state index in [2.05, 4.69) is 22.9 Å². The molecular formula is C24H30N3O8PS. The van der Waals surface area contributed by atoms with Crippen molar-refractivity contribution < 1.29 is 38.3 Å². The molecule has 1 fully saturated rings. The van der Waals surface area contributed by atoms with Gasteiger partial charge in [-0.1, -0.05) is 30.7 Å². The first-order chi connectivity index (χ1) is 17.4. The third-order valence-electron chi connectivity index (χ3n) is 5.37. The van der Waals surface area contributed by atoms with E-state index < -0.39 is 48.6 Å². The number of ether oxygens (including phenoxy) is 2. The number of aliphatic hydroxyl groups excluding tert-OH is 1. The first kappa shape index (κ1) is 28.8. The van der Waals surface area contributed by atoms with Gasteiger partial charge in [-0.3, -0.25) is 9.59 Å². The van der Waals surface area contributed by atoms with Crippen LogP contribution in [0.4, 0.5) is 0 Å². The van der Waals surface area contributed by atoms with Crippen LogP contribution in [0.25, 0.3) is 0 Å². The Bertz CT molecular complexity index is 1140. The van der Waals surface area contributed by atoms with Crippen molar-refractivity contribution in [2.75, 3.05) is 6.61 Å². The fourth-order valence-corrected chi connectivity index (χ4v) is 5.97. The summed E-state index contributed by atoms with van der Waals surface area (Å²) in [5.74, 6) is 1.68. The van der Waals surface area contributed by atoms with Crippen molar-refractivity contribution in [3.63, 3.8) is 0 Å². The van der Waals surface area contributed by atoms with Crippen molar-refractivity contribution in [1.29, 1.82) is 0 Å². The number of hydrogen-bond donors (Lipinski definition) is 4. The van der Waals surface area contributed by atoms with E-state index in [4.69, 9.17) is 36.8 Å². The third kappa shape index (κ3) is 6.77. The van der Waals surface area contributed by atoms with E-state index in [1.54, 1.807) is 51.1 Å². The Morgan fingerprint density at radius 1 is 1.41 bits per heavy atom. The van der Waals surface area contributed by atoms with Crippen LogP contribution in [0.15, 0.2) is 55.0 Å². The van der Waals surface area contributed by atoms with Gasteiger partial charge in [0.05, 0.1) is 12.7 Å². The quantitative estimate of drug-likeness (QED) is 0.189. The second kappa shape index (κ2) is 11.8. The molecular weight excluding hydrogens is 521 g/mol. The van der Waals surface area contributed by atoms with E-state index in [-0.39, 0.29) is 18.5 Å². The van der Waals surface area contributed by atoms with E-state index in [1.165, 1.54) is 17.2 Å². The number of amides is 1. The molecule has 0 aromatic heterocycles. The summed E-state index contributed by atoms with van der Waals surface area (Å²) in [7, 11) is 0. The molecule has 200 valence electrons. The molecule has 1 saturated heterocycles. The summed E-state index contributed by atoms with van der Waals surface area (Å²) in [6.45, 7) is 4.92. The minimum Gasteiger partial charge on any atom is -0.462 e. The maximum absolute atomic E-state index is 12.4. The Morgan fingerprint density at radius 2 is 2.08 bits per heavy atom. The number of nitrogens with one attached hydrogen (secondary N) is 2. The van der Waals surface area contributed by atoms with Gasteiger partial charge in [0.15, 0.2) is 11.8 Å². The molecule has 1 amide bonds. The molecule has 2 aliphatic heterocycles. The SMILES string of the molecule is C#C[C@@]1(O)[C@H](O)[C@@H](COP(=S)(NC(C)C(=O)OC(C)C)Oc2ccccc2)O[C@H]1N1C=CC(=O)NC1=C. The summed E-state index contributed by atoms with van der Waals surface area (Å²) < 4.78 is 23.0. The van der Waals surface area contributed by atoms with Gasteiger partial charge in [-0.2, -0.15) is 0 Å². The summed E-state index contributed by atoms with van der Waals surface area (Å²) in [5.41, 5.74) is -2.19. The van der Waals surface area contributed by atoms with Crippen LogP contribution < -0.4 is 14.9 Å². The molecule has 1 aromatic carbocycles. The van der Waals surface area contributed by atoms with Crippen molar-refractivity contribution in [2.45, 2.75) is 57.0 Å². The number of hydrogen-bond acceptors (Lipinski definition) is 10. The Morgan fingerprint density at radius 3 is 2.68 bits per heavy atom. The Kier molecular flexibility index (Phi) is 9.15. The summed E-state index contributed by atoms with van der Waals surface area (Å²) >= 11 is 5.66. The number of terminal acetylenes is 1. The predicted molar refractivity (Wildman–Crippen MR) is 138 cm³/mol. The minimum absolute atomic E-state index is 0.0941. The molecule has 3 rings (SSSR count). The first-order valence-electron chi connectivity index (χ1n) is 11.4. The Balaban J connectivity index is 1.80. The van der Waals surface area contributed by atoms with Crippen LogP contribution in [0.2, 0.25) is 0 Å². The number of esters is 1. The molecule has 2 heterocycles. The maximum atomic E-state index is 12.4. The van der Waals surface area contributed by atoms with Crippen molar-refractivity contribution in [2.24, 2.45) is 0 Å². The minimum atomic E-state index is -3.44. The maximum Gasteiger partial charge on any atom is 0.323 e. The Labute approximate surface area is 220 Å². The van der Waals surface area contributed by atoms with Gasteiger partial charge in [0.1, 0.15) is 29.8 Å². The fourth-order valence-electron chi connectivity index (χ4n) is 3.55. The van der Waals surface area contributed by atoms with Crippen LogP contribution in [0.3, 0.4) is 0 Å². The van der Waals surface area contributed by atoms with E-state index in [9.17, 15) is 19.8 Å². The average Bonchev–Trinajstić information content (AvgIpc) is 3.08. The Hall–Kier alpha value is -2.75. The van der Waals surface area contributed by atoms with Gasteiger partial charge >= 0.3 is 12.6 Å². The van der Waals surface area contributed by atoms with Gasteiger partial charge in [-0.05, 0) is 44.7 Å². The van der Waals surface area contributed by atoms with Crippen LogP contribution >= 0.6 is 6.64 Å². The number of rotatable bonds is 10. The molecule has 0 saturated carbocycles. The zero-order chi connectivity index (χ0) is 27.4. The third-order valence-corrected chi connectivity index (χ3v) is 7.87. The lowest BCUT2D eigenvalue weighted by Crippen LogP contribution is -2.54. The number of aliphatic hydroxyl groups is 2. The summed E-state index contributed by atoms with van der Waals surface area (Å²) in [5, 5.41) is 27.3. The number of carbonyl (C=O) groups excluding carboxylic acids is 2. The van der Waals surface area contributed by atoms with E-state index >= 15 is 0 Å². The van der Waals surface area contributed by atoms with Crippen LogP contribution in [-0.2, 0) is 35.4 Å². The van der Waals surface area contributed by atoms with Gasteiger partial charge in [0, 0.05) is 12.3 Å². The van der Waals surface area contributed by atoms with Crippen molar-refractivity contribution in [3.05, 3.63) is 55.0 Å². The van der Waals surface area contributed by atoms with Crippen LogP contribution in [0, 0.1) is 12.3 Å². The van der Waals surface area contributed by atoms with Crippen molar-refractivity contribution in [3.8, 4) is 18.1 Å². The molecule has 11 nitrogen and oxygen atoms in total. The topological polar surface area (TPSA) is 139 Å². The highest BCUT2D eigenvalue weighted by atomic mass is 32.5. The van der Waals surface area contributed by atoms with Gasteiger partial charge in [0.2, 0.25) is 0 Å². The molecule has 0 spiro atoms. The zero-order valence-electron chi connectivity index (χ0n) is 20.6. The zero-order valence-corrected chi connectivity index (χ0v) is 22.3. The lowest BCUT2D eigenvalue weighted by molar-refractivity contribution is -0.149. The van der Waals surface area contributed by atoms with Gasteiger partial charge in [-0.15, -0.1) is 6.42 Å². The summed E-state index contributed by atoms with van der Waals surface area (Å²) in [4.78, 5) is 25.3. The number of nitrogens with zero attached hydrogens (tertiary/aromatic N) is 1. The van der Waals surface area contributed by atoms with Crippen LogP contribution in [0.1, 0.15) is 20.8 Å². The standard InChI is InChI=1S/C24H30N3O8PS/c1-6-24(31)21(29)19(34-23(24)27-13-12-20(28)25-17(27)5)14-32-36(37,35-18-10-8-7-9-11-18)26-16(4)22(30)33-15(2)3/h1,7-13,15-16,19,21,23,29,31H,5,14H2,2-4H3,(H,25,28)(H,26,37)/t16?,19-,21-,23-,24-,36?/m1/s1. The lowest BCUT2D eigenvalue weighted by Gasteiger charge is -2.36. The number of carbonyl (C=O) groups is 2. The van der Waals surface area contributed by atoms with E-state index in [0.29, 0.717) is 5.75 Å². The van der Waals surface area contributed by atoms with E-state index in [0.717, 1.165) is 0 Å². The van der Waals surface area contributed by atoms with Gasteiger partial charge < -0.3 is 39.0 Å². The lowest BCUT2D eigenvalue weighted by atomic mass is 9.94. The largest absolute Gasteiger partial charge is 0.462 e. The molecule has 0 aliphatic carbocycles. The molecule has 0 bridgehead atoms. The monoisotopic (exact) mass is 551 g/mol. The van der Waals surface area contributed by atoms with Crippen molar-refractivity contribution >= 4 is 30.3 Å². The fraction of sp³-hybridized carbons (Fsp3) is 0.417. The second-order valence-corrected chi connectivity index (χ2v) is 11.8. The smallest absolute Gasteiger partial charge is 0.323 e. The van der Waals surface area contributed by atoms with Crippen LogP contribution in [-0.4, -0.2) is 69.8 Å². The van der Waals surface area contributed by atoms with Gasteiger partial charge in [0.25, 0.3) is 5.91 Å². The number of benzene rings is 1. The molecule has 2 aliphatic rings. The highest BCUT2D eigenvalue weighted by Crippen LogP contribution is 2.46. The molecule has 37 heavy (non-hydrogen) atoms. The van der Waals surface area contributed by atoms with Gasteiger partial charge in [-0.25, -0.2) is 5.09 Å². The molecule has 0 radical (unpaired) electrons. The first-order valence-corrected chi connectivity index (χ1v) is 14.0.